The lowest BCUT2D eigenvalue weighted by Gasteiger charge is -2.13. The van der Waals surface area contributed by atoms with Gasteiger partial charge in [-0.1, -0.05) is 29.8 Å². The number of carbonyl (C=O) groups is 1. The van der Waals surface area contributed by atoms with Crippen molar-refractivity contribution >= 4 is 28.2 Å². The fourth-order valence-electron chi connectivity index (χ4n) is 3.60. The van der Waals surface area contributed by atoms with Gasteiger partial charge in [-0.15, -0.1) is 0 Å². The van der Waals surface area contributed by atoms with Crippen LogP contribution < -0.4 is 5.32 Å². The van der Waals surface area contributed by atoms with Crippen molar-refractivity contribution in [2.75, 3.05) is 12.4 Å². The standard InChI is InChI=1S/C25H23N3O2/c1-15-11-16(2)24-21(12-15)23(13-17(3)27-24)28-20-8-5-18(6-9-20)19-7-10-22(26-14-19)25(29)30-4/h5-14H,1-4H3,(H,27,28). The third kappa shape index (κ3) is 3.87. The highest BCUT2D eigenvalue weighted by Gasteiger charge is 2.09. The normalized spacial score (nSPS) is 10.8. The van der Waals surface area contributed by atoms with Crippen LogP contribution in [-0.2, 0) is 4.74 Å². The van der Waals surface area contributed by atoms with E-state index in [9.17, 15) is 4.79 Å². The molecule has 4 rings (SSSR count). The average Bonchev–Trinajstić information content (AvgIpc) is 2.75. The Kier molecular flexibility index (Phi) is 5.19. The van der Waals surface area contributed by atoms with E-state index in [2.05, 4.69) is 42.3 Å². The van der Waals surface area contributed by atoms with Crippen molar-refractivity contribution in [1.82, 2.24) is 9.97 Å². The molecule has 0 aliphatic carbocycles. The minimum Gasteiger partial charge on any atom is -0.464 e. The van der Waals surface area contributed by atoms with Crippen molar-refractivity contribution in [3.8, 4) is 11.1 Å². The zero-order valence-corrected chi connectivity index (χ0v) is 17.5. The molecule has 5 heteroatoms. The number of ether oxygens (including phenoxy) is 1. The van der Waals surface area contributed by atoms with Gasteiger partial charge in [-0.3, -0.25) is 4.98 Å². The number of anilines is 2. The molecule has 0 fully saturated rings. The predicted molar refractivity (Wildman–Crippen MR) is 120 cm³/mol. The molecule has 30 heavy (non-hydrogen) atoms. The van der Waals surface area contributed by atoms with Crippen LogP contribution in [0, 0.1) is 20.8 Å². The number of pyridine rings is 2. The van der Waals surface area contributed by atoms with Gasteiger partial charge in [0.25, 0.3) is 0 Å². The lowest BCUT2D eigenvalue weighted by Crippen LogP contribution is -2.03. The first-order valence-electron chi connectivity index (χ1n) is 9.75. The molecule has 0 saturated heterocycles. The summed E-state index contributed by atoms with van der Waals surface area (Å²) in [4.78, 5) is 20.4. The Morgan fingerprint density at radius 2 is 1.67 bits per heavy atom. The summed E-state index contributed by atoms with van der Waals surface area (Å²) in [5.41, 5.74) is 8.68. The molecule has 0 spiro atoms. The highest BCUT2D eigenvalue weighted by Crippen LogP contribution is 2.30. The largest absolute Gasteiger partial charge is 0.464 e. The smallest absolute Gasteiger partial charge is 0.356 e. The second-order valence-corrected chi connectivity index (χ2v) is 7.42. The third-order valence-corrected chi connectivity index (χ3v) is 5.03. The molecule has 0 saturated carbocycles. The molecule has 0 amide bonds. The van der Waals surface area contributed by atoms with Gasteiger partial charge in [-0.2, -0.15) is 0 Å². The first-order valence-corrected chi connectivity index (χ1v) is 9.75. The Hall–Kier alpha value is -3.73. The first kappa shape index (κ1) is 19.6. The molecule has 2 aromatic carbocycles. The summed E-state index contributed by atoms with van der Waals surface area (Å²) in [5, 5.41) is 4.65. The maximum atomic E-state index is 11.5. The quantitative estimate of drug-likeness (QED) is 0.444. The van der Waals surface area contributed by atoms with E-state index >= 15 is 0 Å². The molecule has 0 aliphatic heterocycles. The summed E-state index contributed by atoms with van der Waals surface area (Å²) in [5.74, 6) is -0.438. The second kappa shape index (κ2) is 7.95. The number of rotatable bonds is 4. The summed E-state index contributed by atoms with van der Waals surface area (Å²) in [6.45, 7) is 6.21. The Labute approximate surface area is 175 Å². The molecule has 4 aromatic rings. The van der Waals surface area contributed by atoms with Gasteiger partial charge in [0.15, 0.2) is 0 Å². The molecular weight excluding hydrogens is 374 g/mol. The van der Waals surface area contributed by atoms with E-state index in [4.69, 9.17) is 9.72 Å². The van der Waals surface area contributed by atoms with Crippen LogP contribution in [0.1, 0.15) is 27.3 Å². The Balaban J connectivity index is 1.62. The highest BCUT2D eigenvalue weighted by atomic mass is 16.5. The molecule has 0 atom stereocenters. The zero-order chi connectivity index (χ0) is 21.3. The van der Waals surface area contributed by atoms with Crippen LogP contribution in [0.25, 0.3) is 22.0 Å². The lowest BCUT2D eigenvalue weighted by atomic mass is 10.0. The van der Waals surface area contributed by atoms with Gasteiger partial charge < -0.3 is 10.1 Å². The molecule has 0 radical (unpaired) electrons. The second-order valence-electron chi connectivity index (χ2n) is 7.42. The molecule has 0 aliphatic rings. The summed E-state index contributed by atoms with van der Waals surface area (Å²) in [6, 6.07) is 18.1. The van der Waals surface area contributed by atoms with Crippen molar-refractivity contribution in [3.63, 3.8) is 0 Å². The number of aromatic nitrogens is 2. The number of methoxy groups -OCH3 is 1. The van der Waals surface area contributed by atoms with Crippen molar-refractivity contribution in [3.05, 3.63) is 83.3 Å². The molecular formula is C25H23N3O2. The molecule has 150 valence electrons. The van der Waals surface area contributed by atoms with Crippen LogP contribution in [0.15, 0.2) is 60.8 Å². The van der Waals surface area contributed by atoms with Gasteiger partial charge in [0.2, 0.25) is 0 Å². The van der Waals surface area contributed by atoms with E-state index in [-0.39, 0.29) is 0 Å². The number of nitrogens with zero attached hydrogens (tertiary/aromatic N) is 2. The Bertz CT molecular complexity index is 1230. The number of carbonyl (C=O) groups excluding carboxylic acids is 1. The number of hydrogen-bond donors (Lipinski definition) is 1. The number of hydrogen-bond acceptors (Lipinski definition) is 5. The molecule has 2 aromatic heterocycles. The average molecular weight is 397 g/mol. The first-order chi connectivity index (χ1) is 14.4. The summed E-state index contributed by atoms with van der Waals surface area (Å²) in [7, 11) is 1.35. The lowest BCUT2D eigenvalue weighted by molar-refractivity contribution is 0.0594. The van der Waals surface area contributed by atoms with Gasteiger partial charge in [0, 0.05) is 34.2 Å². The van der Waals surface area contributed by atoms with Crippen LogP contribution in [0.2, 0.25) is 0 Å². The van der Waals surface area contributed by atoms with Crippen molar-refractivity contribution in [2.24, 2.45) is 0 Å². The number of nitrogens with one attached hydrogen (secondary N) is 1. The van der Waals surface area contributed by atoms with Gasteiger partial charge >= 0.3 is 5.97 Å². The van der Waals surface area contributed by atoms with E-state index in [1.54, 1.807) is 12.3 Å². The molecule has 5 nitrogen and oxygen atoms in total. The number of esters is 1. The monoisotopic (exact) mass is 397 g/mol. The maximum Gasteiger partial charge on any atom is 0.356 e. The topological polar surface area (TPSA) is 64.1 Å². The van der Waals surface area contributed by atoms with Crippen molar-refractivity contribution < 1.29 is 9.53 Å². The minimum atomic E-state index is -0.438. The van der Waals surface area contributed by atoms with Crippen molar-refractivity contribution in [1.29, 1.82) is 0 Å². The van der Waals surface area contributed by atoms with Gasteiger partial charge in [0.05, 0.1) is 12.6 Å². The van der Waals surface area contributed by atoms with Gasteiger partial charge in [0.1, 0.15) is 5.69 Å². The SMILES string of the molecule is COC(=O)c1ccc(-c2ccc(Nc3cc(C)nc4c(C)cc(C)cc34)cc2)cn1. The number of fused-ring (bicyclic) bond motifs is 1. The number of benzene rings is 2. The summed E-state index contributed by atoms with van der Waals surface area (Å²) >= 11 is 0. The molecule has 0 bridgehead atoms. The van der Waals surface area contributed by atoms with E-state index in [0.29, 0.717) is 5.69 Å². The van der Waals surface area contributed by atoms with E-state index in [0.717, 1.165) is 39.1 Å². The molecule has 1 N–H and O–H groups in total. The van der Waals surface area contributed by atoms with E-state index < -0.39 is 5.97 Å². The molecule has 0 unspecified atom stereocenters. The fraction of sp³-hybridized carbons (Fsp3) is 0.160. The molecule has 2 heterocycles. The third-order valence-electron chi connectivity index (χ3n) is 5.03. The van der Waals surface area contributed by atoms with Crippen LogP contribution in [0.3, 0.4) is 0 Å². The van der Waals surface area contributed by atoms with Gasteiger partial charge in [-0.05, 0) is 62.2 Å². The summed E-state index contributed by atoms with van der Waals surface area (Å²) < 4.78 is 4.69. The van der Waals surface area contributed by atoms with Crippen LogP contribution in [-0.4, -0.2) is 23.0 Å². The Morgan fingerprint density at radius 3 is 2.33 bits per heavy atom. The fourth-order valence-corrected chi connectivity index (χ4v) is 3.60. The Morgan fingerprint density at radius 1 is 0.933 bits per heavy atom. The minimum absolute atomic E-state index is 0.296. The van der Waals surface area contributed by atoms with Crippen LogP contribution in [0.5, 0.6) is 0 Å². The van der Waals surface area contributed by atoms with Gasteiger partial charge in [-0.25, -0.2) is 9.78 Å². The van der Waals surface area contributed by atoms with E-state index in [1.807, 2.05) is 37.3 Å². The predicted octanol–water partition coefficient (Wildman–Crippen LogP) is 5.75. The van der Waals surface area contributed by atoms with E-state index in [1.165, 1.54) is 18.2 Å². The van der Waals surface area contributed by atoms with Crippen LogP contribution >= 0.6 is 0 Å². The summed E-state index contributed by atoms with van der Waals surface area (Å²) in [6.07, 6.45) is 1.68. The van der Waals surface area contributed by atoms with Crippen LogP contribution in [0.4, 0.5) is 11.4 Å². The maximum absolute atomic E-state index is 11.5. The van der Waals surface area contributed by atoms with Crippen molar-refractivity contribution in [2.45, 2.75) is 20.8 Å². The highest BCUT2D eigenvalue weighted by molar-refractivity contribution is 5.95. The number of aryl methyl sites for hydroxylation is 3. The zero-order valence-electron chi connectivity index (χ0n) is 17.5.